The Labute approximate surface area is 233 Å². The maximum absolute atomic E-state index is 13.1. The Hall–Kier alpha value is -4.62. The number of imidazole rings is 1. The minimum absolute atomic E-state index is 0.213. The fourth-order valence-electron chi connectivity index (χ4n) is 4.23. The van der Waals surface area contributed by atoms with Crippen molar-refractivity contribution in [3.05, 3.63) is 136 Å². The predicted molar refractivity (Wildman–Crippen MR) is 151 cm³/mol. The van der Waals surface area contributed by atoms with Gasteiger partial charge in [0.1, 0.15) is 5.82 Å². The Kier molecular flexibility index (Phi) is 7.58. The Balaban J connectivity index is 1.42. The number of aromatic carboxylic acids is 1. The van der Waals surface area contributed by atoms with Crippen LogP contribution in [0.5, 0.6) is 0 Å². The second-order valence-corrected chi connectivity index (χ2v) is 9.59. The molecule has 5 aromatic rings. The molecule has 0 radical (unpaired) electrons. The van der Waals surface area contributed by atoms with Gasteiger partial charge in [-0.1, -0.05) is 78.3 Å². The fraction of sp³-hybridized carbons (Fsp3) is 0.0625. The molecule has 5 rings (SSSR count). The van der Waals surface area contributed by atoms with E-state index in [2.05, 4.69) is 0 Å². The molecule has 0 saturated heterocycles. The van der Waals surface area contributed by atoms with E-state index < -0.39 is 17.7 Å². The summed E-state index contributed by atoms with van der Waals surface area (Å²) < 4.78 is 41.3. The summed E-state index contributed by atoms with van der Waals surface area (Å²) >= 11 is 6.04. The molecule has 1 heterocycles. The van der Waals surface area contributed by atoms with E-state index in [1.165, 1.54) is 6.07 Å². The lowest BCUT2D eigenvalue weighted by Crippen LogP contribution is -2.04. The summed E-state index contributed by atoms with van der Waals surface area (Å²) in [6.07, 6.45) is 1.27. The van der Waals surface area contributed by atoms with Crippen molar-refractivity contribution in [2.45, 2.75) is 12.7 Å². The second-order valence-electron chi connectivity index (χ2n) is 9.16. The van der Waals surface area contributed by atoms with Gasteiger partial charge in [0.05, 0.1) is 16.8 Å². The molecule has 0 amide bonds. The van der Waals surface area contributed by atoms with Crippen LogP contribution >= 0.6 is 11.6 Å². The highest BCUT2D eigenvalue weighted by Crippen LogP contribution is 2.32. The molecule has 0 unspecified atom stereocenters. The highest BCUT2D eigenvalue weighted by atomic mass is 35.5. The molecule has 0 aliphatic rings. The van der Waals surface area contributed by atoms with Gasteiger partial charge in [0.2, 0.25) is 0 Å². The zero-order valence-corrected chi connectivity index (χ0v) is 21.7. The number of benzene rings is 4. The Bertz CT molecular complexity index is 1670. The van der Waals surface area contributed by atoms with Crippen molar-refractivity contribution < 1.29 is 23.1 Å². The van der Waals surface area contributed by atoms with Gasteiger partial charge in [0.15, 0.2) is 0 Å². The summed E-state index contributed by atoms with van der Waals surface area (Å²) in [5, 5.41) is 9.80. The number of carboxylic acid groups (broad SMARTS) is 1. The molecule has 0 aliphatic carbocycles. The van der Waals surface area contributed by atoms with Gasteiger partial charge < -0.3 is 9.67 Å². The summed E-state index contributed by atoms with van der Waals surface area (Å²) in [6.45, 7) is 0.467. The number of hydrogen-bond donors (Lipinski definition) is 1. The minimum Gasteiger partial charge on any atom is -0.478 e. The molecule has 0 saturated carbocycles. The molecule has 200 valence electrons. The summed E-state index contributed by atoms with van der Waals surface area (Å²) in [6, 6.07) is 26.5. The molecule has 1 aromatic heterocycles. The lowest BCUT2D eigenvalue weighted by Gasteiger charge is -2.09. The van der Waals surface area contributed by atoms with Crippen LogP contribution in [0.2, 0.25) is 5.02 Å². The van der Waals surface area contributed by atoms with Crippen LogP contribution in [-0.2, 0) is 12.7 Å². The van der Waals surface area contributed by atoms with Gasteiger partial charge >= 0.3 is 12.1 Å². The standard InChI is InChI=1S/C32H22ClF3N2O2/c33-28-15-13-24(14-16-28)29-20-38(19-22-6-11-25(12-7-22)31(39)40)30(37-29)17-8-21-4-9-23(10-5-21)26-2-1-3-27(18-26)32(34,35)36/h1-18,20H,19H2,(H,39,40)/b17-8+. The van der Waals surface area contributed by atoms with E-state index in [1.807, 2.05) is 47.2 Å². The number of carboxylic acids is 1. The van der Waals surface area contributed by atoms with E-state index in [0.29, 0.717) is 28.5 Å². The first-order valence-electron chi connectivity index (χ1n) is 12.3. The summed E-state index contributed by atoms with van der Waals surface area (Å²) in [7, 11) is 0. The predicted octanol–water partition coefficient (Wildman–Crippen LogP) is 8.81. The molecule has 4 aromatic carbocycles. The van der Waals surface area contributed by atoms with E-state index in [0.717, 1.165) is 34.5 Å². The average Bonchev–Trinajstić information content (AvgIpc) is 3.35. The highest BCUT2D eigenvalue weighted by Gasteiger charge is 2.30. The molecule has 0 bridgehead atoms. The third kappa shape index (κ3) is 6.33. The van der Waals surface area contributed by atoms with Crippen LogP contribution in [0.3, 0.4) is 0 Å². The van der Waals surface area contributed by atoms with Crippen LogP contribution in [0.1, 0.15) is 32.9 Å². The van der Waals surface area contributed by atoms with Gasteiger partial charge in [0, 0.05) is 23.3 Å². The van der Waals surface area contributed by atoms with Crippen LogP contribution in [0.15, 0.2) is 103 Å². The molecule has 4 nitrogen and oxygen atoms in total. The third-order valence-electron chi connectivity index (χ3n) is 6.36. The lowest BCUT2D eigenvalue weighted by atomic mass is 10.0. The van der Waals surface area contributed by atoms with Crippen molar-refractivity contribution in [2.24, 2.45) is 0 Å². The molecule has 0 atom stereocenters. The number of carbonyl (C=O) groups is 1. The normalized spacial score (nSPS) is 11.7. The summed E-state index contributed by atoms with van der Waals surface area (Å²) in [5.74, 6) is -0.309. The highest BCUT2D eigenvalue weighted by molar-refractivity contribution is 6.30. The smallest absolute Gasteiger partial charge is 0.416 e. The quantitative estimate of drug-likeness (QED) is 0.217. The zero-order chi connectivity index (χ0) is 28.3. The Morgan fingerprint density at radius 2 is 1.52 bits per heavy atom. The van der Waals surface area contributed by atoms with Crippen molar-refractivity contribution in [3.63, 3.8) is 0 Å². The number of rotatable bonds is 7. The van der Waals surface area contributed by atoms with Crippen molar-refractivity contribution in [1.29, 1.82) is 0 Å². The van der Waals surface area contributed by atoms with Gasteiger partial charge in [-0.05, 0) is 64.7 Å². The van der Waals surface area contributed by atoms with Gasteiger partial charge in [-0.3, -0.25) is 0 Å². The Morgan fingerprint density at radius 1 is 0.850 bits per heavy atom. The van der Waals surface area contributed by atoms with Gasteiger partial charge in [-0.25, -0.2) is 9.78 Å². The third-order valence-corrected chi connectivity index (χ3v) is 6.61. The summed E-state index contributed by atoms with van der Waals surface area (Å²) in [5.41, 5.74) is 4.10. The first-order valence-corrected chi connectivity index (χ1v) is 12.6. The van der Waals surface area contributed by atoms with Crippen LogP contribution in [0.4, 0.5) is 13.2 Å². The van der Waals surface area contributed by atoms with E-state index in [1.54, 1.807) is 54.6 Å². The van der Waals surface area contributed by atoms with E-state index >= 15 is 0 Å². The lowest BCUT2D eigenvalue weighted by molar-refractivity contribution is -0.137. The first kappa shape index (κ1) is 27.0. The molecule has 40 heavy (non-hydrogen) atoms. The number of nitrogens with zero attached hydrogens (tertiary/aromatic N) is 2. The maximum Gasteiger partial charge on any atom is 0.416 e. The van der Waals surface area contributed by atoms with Crippen molar-refractivity contribution in [2.75, 3.05) is 0 Å². The molecular weight excluding hydrogens is 537 g/mol. The molecule has 0 fully saturated rings. The fourth-order valence-corrected chi connectivity index (χ4v) is 4.36. The minimum atomic E-state index is -4.40. The van der Waals surface area contributed by atoms with Gasteiger partial charge in [0.25, 0.3) is 0 Å². The first-order chi connectivity index (χ1) is 19.2. The molecule has 0 aliphatic heterocycles. The zero-order valence-electron chi connectivity index (χ0n) is 20.9. The van der Waals surface area contributed by atoms with Crippen LogP contribution < -0.4 is 0 Å². The van der Waals surface area contributed by atoms with Crippen molar-refractivity contribution in [1.82, 2.24) is 9.55 Å². The van der Waals surface area contributed by atoms with Gasteiger partial charge in [-0.15, -0.1) is 0 Å². The van der Waals surface area contributed by atoms with Crippen LogP contribution in [0, 0.1) is 0 Å². The second kappa shape index (κ2) is 11.2. The number of alkyl halides is 3. The molecular formula is C32H22ClF3N2O2. The SMILES string of the molecule is O=C(O)c1ccc(Cn2cc(-c3ccc(Cl)cc3)nc2/C=C/c2ccc(-c3cccc(C(F)(F)F)c3)cc2)cc1. The molecule has 0 spiro atoms. The topological polar surface area (TPSA) is 55.1 Å². The van der Waals surface area contributed by atoms with Crippen molar-refractivity contribution in [3.8, 4) is 22.4 Å². The number of aromatic nitrogens is 2. The van der Waals surface area contributed by atoms with Crippen LogP contribution in [-0.4, -0.2) is 20.6 Å². The van der Waals surface area contributed by atoms with E-state index in [4.69, 9.17) is 16.6 Å². The average molecular weight is 559 g/mol. The number of halogens is 4. The van der Waals surface area contributed by atoms with E-state index in [-0.39, 0.29) is 5.56 Å². The summed E-state index contributed by atoms with van der Waals surface area (Å²) in [4.78, 5) is 16.0. The Morgan fingerprint density at radius 3 is 2.17 bits per heavy atom. The van der Waals surface area contributed by atoms with Crippen LogP contribution in [0.25, 0.3) is 34.5 Å². The maximum atomic E-state index is 13.1. The van der Waals surface area contributed by atoms with Gasteiger partial charge in [-0.2, -0.15) is 13.2 Å². The number of hydrogen-bond acceptors (Lipinski definition) is 2. The molecule has 1 N–H and O–H groups in total. The van der Waals surface area contributed by atoms with Crippen molar-refractivity contribution >= 4 is 29.7 Å². The molecule has 8 heteroatoms. The largest absolute Gasteiger partial charge is 0.478 e. The van der Waals surface area contributed by atoms with E-state index in [9.17, 15) is 23.1 Å². The monoisotopic (exact) mass is 558 g/mol.